The average molecular weight is 299 g/mol. The predicted octanol–water partition coefficient (Wildman–Crippen LogP) is 2.15. The van der Waals surface area contributed by atoms with Crippen LogP contribution in [0.25, 0.3) is 0 Å². The van der Waals surface area contributed by atoms with Crippen LogP contribution in [0.1, 0.15) is 45.0 Å². The number of carboxylic acids is 1. The van der Waals surface area contributed by atoms with Crippen LogP contribution in [-0.4, -0.2) is 44.3 Å². The summed E-state index contributed by atoms with van der Waals surface area (Å²) in [5, 5.41) is 18.0. The lowest BCUT2D eigenvalue weighted by Crippen LogP contribution is -2.27. The predicted molar refractivity (Wildman–Crippen MR) is 76.1 cm³/mol. The molecule has 1 aromatic rings. The molecule has 7 heteroatoms. The van der Waals surface area contributed by atoms with Crippen LogP contribution in [0.3, 0.4) is 0 Å². The minimum Gasteiger partial charge on any atom is -0.481 e. The highest BCUT2D eigenvalue weighted by Crippen LogP contribution is 2.30. The molecule has 2 rings (SSSR count). The average Bonchev–Trinajstić information content (AvgIpc) is 2.80. The lowest BCUT2D eigenvalue weighted by Gasteiger charge is -2.29. The molecular formula is C13H21N3O3S. The van der Waals surface area contributed by atoms with E-state index in [0.717, 1.165) is 43.3 Å². The van der Waals surface area contributed by atoms with E-state index >= 15 is 0 Å². The van der Waals surface area contributed by atoms with Gasteiger partial charge in [-0.3, -0.25) is 4.79 Å². The molecular weight excluding hydrogens is 278 g/mol. The van der Waals surface area contributed by atoms with Crippen LogP contribution in [0.4, 0.5) is 0 Å². The molecule has 0 saturated carbocycles. The molecule has 0 amide bonds. The van der Waals surface area contributed by atoms with E-state index < -0.39 is 5.97 Å². The number of thioether (sulfide) groups is 1. The van der Waals surface area contributed by atoms with Gasteiger partial charge in [0.1, 0.15) is 5.82 Å². The van der Waals surface area contributed by atoms with E-state index in [1.807, 2.05) is 0 Å². The molecule has 1 aromatic heterocycles. The summed E-state index contributed by atoms with van der Waals surface area (Å²) in [7, 11) is 0. The highest BCUT2D eigenvalue weighted by Gasteiger charge is 2.26. The molecule has 1 aliphatic rings. The highest BCUT2D eigenvalue weighted by molar-refractivity contribution is 7.99. The summed E-state index contributed by atoms with van der Waals surface area (Å²) in [6, 6.07) is 0.312. The molecule has 112 valence electrons. The fourth-order valence-corrected chi connectivity index (χ4v) is 3.25. The van der Waals surface area contributed by atoms with Crippen LogP contribution >= 0.6 is 11.8 Å². The number of carboxylic acid groups (broad SMARTS) is 1. The van der Waals surface area contributed by atoms with Gasteiger partial charge >= 0.3 is 5.97 Å². The Kier molecular flexibility index (Phi) is 5.42. The summed E-state index contributed by atoms with van der Waals surface area (Å²) in [6.45, 7) is 4.91. The maximum absolute atomic E-state index is 10.7. The van der Waals surface area contributed by atoms with Crippen molar-refractivity contribution >= 4 is 17.7 Å². The fraction of sp³-hybridized carbons (Fsp3) is 0.769. The third-order valence-electron chi connectivity index (χ3n) is 3.36. The Bertz CT molecular complexity index is 464. The number of aliphatic carboxylic acids is 1. The van der Waals surface area contributed by atoms with Crippen molar-refractivity contribution in [2.24, 2.45) is 0 Å². The van der Waals surface area contributed by atoms with Crippen LogP contribution in [0, 0.1) is 0 Å². The Labute approximate surface area is 122 Å². The third-order valence-corrected chi connectivity index (χ3v) is 4.28. The van der Waals surface area contributed by atoms with E-state index in [1.165, 1.54) is 11.8 Å². The Morgan fingerprint density at radius 2 is 2.35 bits per heavy atom. The van der Waals surface area contributed by atoms with Gasteiger partial charge in [-0.2, -0.15) is 0 Å². The molecule has 0 spiro atoms. The van der Waals surface area contributed by atoms with E-state index in [4.69, 9.17) is 9.84 Å². The van der Waals surface area contributed by atoms with Crippen LogP contribution < -0.4 is 0 Å². The summed E-state index contributed by atoms with van der Waals surface area (Å²) in [4.78, 5) is 10.7. The molecule has 1 aliphatic heterocycles. The fourth-order valence-electron chi connectivity index (χ4n) is 2.50. The van der Waals surface area contributed by atoms with Crippen LogP contribution in [-0.2, 0) is 16.0 Å². The van der Waals surface area contributed by atoms with Crippen LogP contribution in [0.15, 0.2) is 5.16 Å². The van der Waals surface area contributed by atoms with Crippen molar-refractivity contribution in [3.8, 4) is 0 Å². The molecule has 2 atom stereocenters. The molecule has 1 fully saturated rings. The Hall–Kier alpha value is -1.08. The minimum atomic E-state index is -0.832. The van der Waals surface area contributed by atoms with E-state index in [0.29, 0.717) is 6.04 Å². The van der Waals surface area contributed by atoms with Crippen molar-refractivity contribution in [1.82, 2.24) is 14.8 Å². The molecule has 2 unspecified atom stereocenters. The molecule has 20 heavy (non-hydrogen) atoms. The Balaban J connectivity index is 2.21. The van der Waals surface area contributed by atoms with E-state index in [2.05, 4.69) is 28.6 Å². The molecule has 6 nitrogen and oxygen atoms in total. The number of carbonyl (C=O) groups is 1. The maximum atomic E-state index is 10.7. The number of aromatic nitrogens is 3. The van der Waals surface area contributed by atoms with Gasteiger partial charge in [0.05, 0.1) is 11.9 Å². The summed E-state index contributed by atoms with van der Waals surface area (Å²) in [5.74, 6) is 0.143. The lowest BCUT2D eigenvalue weighted by molar-refractivity contribution is -0.133. The zero-order chi connectivity index (χ0) is 14.5. The number of hydrogen-bond acceptors (Lipinski definition) is 5. The first-order chi connectivity index (χ1) is 9.61. The number of nitrogens with zero attached hydrogens (tertiary/aromatic N) is 3. The molecule has 0 aliphatic carbocycles. The number of aryl methyl sites for hydroxylation is 1. The molecule has 0 bridgehead atoms. The van der Waals surface area contributed by atoms with Crippen molar-refractivity contribution in [3.05, 3.63) is 5.82 Å². The zero-order valence-electron chi connectivity index (χ0n) is 11.9. The van der Waals surface area contributed by atoms with Gasteiger partial charge in [-0.05, 0) is 26.2 Å². The summed E-state index contributed by atoms with van der Waals surface area (Å²) >= 11 is 1.25. The number of rotatable bonds is 6. The second-order valence-corrected chi connectivity index (χ2v) is 6.00. The highest BCUT2D eigenvalue weighted by atomic mass is 32.2. The van der Waals surface area contributed by atoms with Crippen molar-refractivity contribution in [3.63, 3.8) is 0 Å². The van der Waals surface area contributed by atoms with Crippen molar-refractivity contribution in [1.29, 1.82) is 0 Å². The summed E-state index contributed by atoms with van der Waals surface area (Å²) in [5.41, 5.74) is 0. The van der Waals surface area contributed by atoms with Gasteiger partial charge in [-0.1, -0.05) is 18.7 Å². The van der Waals surface area contributed by atoms with Crippen LogP contribution in [0.5, 0.6) is 0 Å². The standard InChI is InChI=1S/C13H21N3O3S/c1-3-4-11-14-15-13(20-8-12(17)18)16(11)10-5-6-19-9(2)7-10/h9-10H,3-8H2,1-2H3,(H,17,18). The molecule has 1 saturated heterocycles. The van der Waals surface area contributed by atoms with E-state index in [-0.39, 0.29) is 11.9 Å². The lowest BCUT2D eigenvalue weighted by atomic mass is 10.0. The molecule has 0 radical (unpaired) electrons. The summed E-state index contributed by atoms with van der Waals surface area (Å²) in [6.07, 6.45) is 3.95. The van der Waals surface area contributed by atoms with Crippen LogP contribution in [0.2, 0.25) is 0 Å². The SMILES string of the molecule is CCCc1nnc(SCC(=O)O)n1C1CCOC(C)C1. The second kappa shape index (κ2) is 7.08. The number of ether oxygens (including phenoxy) is 1. The normalized spacial score (nSPS) is 22.9. The van der Waals surface area contributed by atoms with Gasteiger partial charge in [-0.15, -0.1) is 10.2 Å². The molecule has 1 N–H and O–H groups in total. The largest absolute Gasteiger partial charge is 0.481 e. The van der Waals surface area contributed by atoms with Crippen molar-refractivity contribution < 1.29 is 14.6 Å². The molecule has 0 aromatic carbocycles. The monoisotopic (exact) mass is 299 g/mol. The smallest absolute Gasteiger partial charge is 0.313 e. The van der Waals surface area contributed by atoms with E-state index in [1.54, 1.807) is 0 Å². The first-order valence-corrected chi connectivity index (χ1v) is 8.00. The van der Waals surface area contributed by atoms with Gasteiger partial charge in [0, 0.05) is 19.1 Å². The molecule has 2 heterocycles. The zero-order valence-corrected chi connectivity index (χ0v) is 12.7. The van der Waals surface area contributed by atoms with Gasteiger partial charge in [0.15, 0.2) is 5.16 Å². The Morgan fingerprint density at radius 1 is 1.55 bits per heavy atom. The van der Waals surface area contributed by atoms with Gasteiger partial charge in [-0.25, -0.2) is 0 Å². The summed E-state index contributed by atoms with van der Waals surface area (Å²) < 4.78 is 7.72. The van der Waals surface area contributed by atoms with Gasteiger partial charge in [0.2, 0.25) is 0 Å². The van der Waals surface area contributed by atoms with E-state index in [9.17, 15) is 4.79 Å². The number of hydrogen-bond donors (Lipinski definition) is 1. The maximum Gasteiger partial charge on any atom is 0.313 e. The minimum absolute atomic E-state index is 0.0169. The third kappa shape index (κ3) is 3.73. The second-order valence-electron chi connectivity index (χ2n) is 5.06. The first kappa shape index (κ1) is 15.3. The van der Waals surface area contributed by atoms with Crippen molar-refractivity contribution in [2.45, 2.75) is 56.8 Å². The van der Waals surface area contributed by atoms with Gasteiger partial charge in [0.25, 0.3) is 0 Å². The quantitative estimate of drug-likeness (QED) is 0.811. The topological polar surface area (TPSA) is 77.2 Å². The van der Waals surface area contributed by atoms with Gasteiger partial charge < -0.3 is 14.4 Å². The Morgan fingerprint density at radius 3 is 3.00 bits per heavy atom. The van der Waals surface area contributed by atoms with Crippen molar-refractivity contribution in [2.75, 3.05) is 12.4 Å². The first-order valence-electron chi connectivity index (χ1n) is 7.01.